The quantitative estimate of drug-likeness (QED) is 0.304. The second kappa shape index (κ2) is 11.6. The number of amides is 2. The largest absolute Gasteiger partial charge is 0.326 e. The minimum Gasteiger partial charge on any atom is -0.326 e. The Labute approximate surface area is 217 Å². The molecule has 178 valence electrons. The molecule has 1 heterocycles. The fraction of sp³-hybridized carbons (Fsp3) is 0.320. The van der Waals surface area contributed by atoms with Crippen LogP contribution in [0.5, 0.6) is 0 Å². The van der Waals surface area contributed by atoms with Gasteiger partial charge in [0.2, 0.25) is 11.8 Å². The van der Waals surface area contributed by atoms with Crippen molar-refractivity contribution in [2.75, 3.05) is 10.6 Å². The number of thioether (sulfide) groups is 1. The van der Waals surface area contributed by atoms with Crippen LogP contribution in [0.15, 0.2) is 52.7 Å². The number of anilines is 2. The molecule has 2 N–H and O–H groups in total. The number of carbonyl (C=O) groups is 2. The van der Waals surface area contributed by atoms with E-state index in [0.717, 1.165) is 47.5 Å². The normalized spacial score (nSPS) is 15.0. The molecular formula is C25H25Cl2N3O2S2. The highest BCUT2D eigenvalue weighted by molar-refractivity contribution is 8.00. The molecule has 5 nitrogen and oxygen atoms in total. The number of benzene rings is 2. The molecule has 0 radical (unpaired) electrons. The first-order valence-electron chi connectivity index (χ1n) is 11.2. The third-order valence-corrected chi connectivity index (χ3v) is 8.30. The predicted molar refractivity (Wildman–Crippen MR) is 143 cm³/mol. The van der Waals surface area contributed by atoms with E-state index in [1.54, 1.807) is 12.1 Å². The standard InChI is InChI=1S/C25H25Cl2N3O2S2/c1-15(23(31)30-25-29-22(14-33-25)17-10-11-20(26)21(27)12-17)34-19-9-5-8-18(13-19)28-24(32)16-6-3-2-4-7-16/h5,8-16H,2-4,6-7H2,1H3,(H,28,32)(H,29,30,31). The summed E-state index contributed by atoms with van der Waals surface area (Å²) in [5.74, 6) is 0.0488. The van der Waals surface area contributed by atoms with Crippen LogP contribution in [0.1, 0.15) is 39.0 Å². The average molecular weight is 535 g/mol. The number of nitrogens with zero attached hydrogens (tertiary/aromatic N) is 1. The summed E-state index contributed by atoms with van der Waals surface area (Å²) in [6.45, 7) is 1.85. The Balaban J connectivity index is 1.34. The second-order valence-corrected chi connectivity index (χ2v) is 11.4. The fourth-order valence-corrected chi connectivity index (χ4v) is 5.79. The molecule has 1 atom stereocenters. The van der Waals surface area contributed by atoms with Gasteiger partial charge in [-0.05, 0) is 50.1 Å². The Bertz CT molecular complexity index is 1180. The maximum atomic E-state index is 12.8. The number of carbonyl (C=O) groups excluding carboxylic acids is 2. The van der Waals surface area contributed by atoms with Crippen LogP contribution in [0, 0.1) is 5.92 Å². The molecule has 3 aromatic rings. The van der Waals surface area contributed by atoms with E-state index in [-0.39, 0.29) is 23.0 Å². The number of aromatic nitrogens is 1. The van der Waals surface area contributed by atoms with Gasteiger partial charge >= 0.3 is 0 Å². The zero-order valence-electron chi connectivity index (χ0n) is 18.6. The van der Waals surface area contributed by atoms with Crippen LogP contribution in [0.25, 0.3) is 11.3 Å². The number of thiazole rings is 1. The van der Waals surface area contributed by atoms with Gasteiger partial charge in [0, 0.05) is 27.4 Å². The van der Waals surface area contributed by atoms with E-state index >= 15 is 0 Å². The summed E-state index contributed by atoms with van der Waals surface area (Å²) < 4.78 is 0. The number of nitrogens with one attached hydrogen (secondary N) is 2. The predicted octanol–water partition coefficient (Wildman–Crippen LogP) is 7.76. The lowest BCUT2D eigenvalue weighted by Gasteiger charge is -2.21. The monoisotopic (exact) mass is 533 g/mol. The van der Waals surface area contributed by atoms with Gasteiger partial charge in [-0.2, -0.15) is 0 Å². The van der Waals surface area contributed by atoms with E-state index in [1.807, 2.05) is 42.6 Å². The molecule has 1 saturated carbocycles. The zero-order valence-corrected chi connectivity index (χ0v) is 21.8. The van der Waals surface area contributed by atoms with Crippen molar-refractivity contribution in [3.63, 3.8) is 0 Å². The first kappa shape index (κ1) is 25.0. The Kier molecular flexibility index (Phi) is 8.53. The fourth-order valence-electron chi connectivity index (χ4n) is 3.84. The van der Waals surface area contributed by atoms with Crippen molar-refractivity contribution in [1.29, 1.82) is 0 Å². The first-order valence-corrected chi connectivity index (χ1v) is 13.7. The summed E-state index contributed by atoms with van der Waals surface area (Å²) in [5.41, 5.74) is 2.32. The van der Waals surface area contributed by atoms with Crippen molar-refractivity contribution >= 4 is 68.9 Å². The summed E-state index contributed by atoms with van der Waals surface area (Å²) >= 11 is 14.9. The highest BCUT2D eigenvalue weighted by Gasteiger charge is 2.21. The van der Waals surface area contributed by atoms with Crippen LogP contribution in [-0.4, -0.2) is 22.0 Å². The molecule has 1 aromatic heterocycles. The average Bonchev–Trinajstić information content (AvgIpc) is 3.30. The van der Waals surface area contributed by atoms with E-state index in [4.69, 9.17) is 23.2 Å². The third-order valence-electron chi connectivity index (χ3n) is 5.71. The molecule has 1 unspecified atom stereocenters. The maximum absolute atomic E-state index is 12.8. The topological polar surface area (TPSA) is 71.1 Å². The molecule has 0 saturated heterocycles. The van der Waals surface area contributed by atoms with Gasteiger partial charge in [0.05, 0.1) is 21.0 Å². The van der Waals surface area contributed by atoms with E-state index in [1.165, 1.54) is 29.5 Å². The van der Waals surface area contributed by atoms with Crippen molar-refractivity contribution in [3.05, 3.63) is 57.9 Å². The van der Waals surface area contributed by atoms with E-state index in [0.29, 0.717) is 15.2 Å². The number of hydrogen-bond acceptors (Lipinski definition) is 5. The van der Waals surface area contributed by atoms with Crippen LogP contribution in [0.4, 0.5) is 10.8 Å². The number of hydrogen-bond donors (Lipinski definition) is 2. The van der Waals surface area contributed by atoms with Crippen LogP contribution < -0.4 is 10.6 Å². The lowest BCUT2D eigenvalue weighted by molar-refractivity contribution is -0.120. The summed E-state index contributed by atoms with van der Waals surface area (Å²) in [6.07, 6.45) is 5.37. The van der Waals surface area contributed by atoms with Gasteiger partial charge in [0.15, 0.2) is 5.13 Å². The van der Waals surface area contributed by atoms with Gasteiger partial charge in [-0.25, -0.2) is 4.98 Å². The molecule has 1 aliphatic rings. The van der Waals surface area contributed by atoms with E-state index in [9.17, 15) is 9.59 Å². The van der Waals surface area contributed by atoms with Crippen LogP contribution in [-0.2, 0) is 9.59 Å². The number of halogens is 2. The van der Waals surface area contributed by atoms with Crippen molar-refractivity contribution < 1.29 is 9.59 Å². The van der Waals surface area contributed by atoms with Crippen molar-refractivity contribution in [2.24, 2.45) is 5.92 Å². The zero-order chi connectivity index (χ0) is 24.1. The SMILES string of the molecule is CC(Sc1cccc(NC(=O)C2CCCCC2)c1)C(=O)Nc1nc(-c2ccc(Cl)c(Cl)c2)cs1. The van der Waals surface area contributed by atoms with Crippen LogP contribution in [0.3, 0.4) is 0 Å². The molecule has 4 rings (SSSR count). The second-order valence-electron chi connectivity index (χ2n) is 8.27. The number of rotatable bonds is 7. The highest BCUT2D eigenvalue weighted by atomic mass is 35.5. The lowest BCUT2D eigenvalue weighted by Crippen LogP contribution is -2.24. The summed E-state index contributed by atoms with van der Waals surface area (Å²) in [6, 6.07) is 13.0. The van der Waals surface area contributed by atoms with Gasteiger partial charge < -0.3 is 10.6 Å². The smallest absolute Gasteiger partial charge is 0.239 e. The summed E-state index contributed by atoms with van der Waals surface area (Å²) in [4.78, 5) is 30.7. The van der Waals surface area contributed by atoms with Crippen molar-refractivity contribution in [3.8, 4) is 11.3 Å². The molecule has 0 aliphatic heterocycles. The Hall–Kier alpha value is -2.06. The van der Waals surface area contributed by atoms with Crippen molar-refractivity contribution in [2.45, 2.75) is 49.2 Å². The Morgan fingerprint density at radius 2 is 1.85 bits per heavy atom. The molecule has 9 heteroatoms. The molecule has 34 heavy (non-hydrogen) atoms. The van der Waals surface area contributed by atoms with Gasteiger partial charge in [-0.3, -0.25) is 9.59 Å². The van der Waals surface area contributed by atoms with Gasteiger partial charge in [0.1, 0.15) is 0 Å². The molecule has 0 bridgehead atoms. The van der Waals surface area contributed by atoms with E-state index < -0.39 is 0 Å². The summed E-state index contributed by atoms with van der Waals surface area (Å²) in [7, 11) is 0. The highest BCUT2D eigenvalue weighted by Crippen LogP contribution is 2.32. The maximum Gasteiger partial charge on any atom is 0.239 e. The van der Waals surface area contributed by atoms with Gasteiger partial charge in [0.25, 0.3) is 0 Å². The molecule has 0 spiro atoms. The molecular weight excluding hydrogens is 509 g/mol. The Morgan fingerprint density at radius 3 is 2.62 bits per heavy atom. The first-order chi connectivity index (χ1) is 16.4. The third kappa shape index (κ3) is 6.54. The molecule has 1 aliphatic carbocycles. The minimum atomic E-state index is -0.346. The van der Waals surface area contributed by atoms with Gasteiger partial charge in [-0.1, -0.05) is 54.6 Å². The van der Waals surface area contributed by atoms with E-state index in [2.05, 4.69) is 15.6 Å². The van der Waals surface area contributed by atoms with Crippen LogP contribution >= 0.6 is 46.3 Å². The molecule has 2 amide bonds. The summed E-state index contributed by atoms with van der Waals surface area (Å²) in [5, 5.41) is 8.91. The lowest BCUT2D eigenvalue weighted by atomic mass is 9.88. The Morgan fingerprint density at radius 1 is 1.06 bits per heavy atom. The van der Waals surface area contributed by atoms with Gasteiger partial charge in [-0.15, -0.1) is 23.1 Å². The minimum absolute atomic E-state index is 0.0918. The van der Waals surface area contributed by atoms with Crippen molar-refractivity contribution in [1.82, 2.24) is 4.98 Å². The molecule has 1 fully saturated rings. The van der Waals surface area contributed by atoms with Crippen LogP contribution in [0.2, 0.25) is 10.0 Å². The molecule has 2 aromatic carbocycles.